The summed E-state index contributed by atoms with van der Waals surface area (Å²) in [5.74, 6) is -0.232. The number of carbonyl (C=O) groups excluding carboxylic acids is 2. The summed E-state index contributed by atoms with van der Waals surface area (Å²) < 4.78 is 23.6. The van der Waals surface area contributed by atoms with Crippen molar-refractivity contribution in [3.8, 4) is 0 Å². The predicted molar refractivity (Wildman–Crippen MR) is 137 cm³/mol. The molecule has 0 radical (unpaired) electrons. The van der Waals surface area contributed by atoms with Crippen molar-refractivity contribution in [2.75, 3.05) is 11.6 Å². The largest absolute Gasteiger partial charge is 0.322 e. The van der Waals surface area contributed by atoms with Crippen molar-refractivity contribution in [3.05, 3.63) is 89.7 Å². The van der Waals surface area contributed by atoms with E-state index in [-0.39, 0.29) is 27.8 Å². The highest BCUT2D eigenvalue weighted by molar-refractivity contribution is 8.14. The van der Waals surface area contributed by atoms with Crippen LogP contribution in [-0.2, 0) is 16.4 Å². The Bertz CT molecular complexity index is 1360. The Hall–Kier alpha value is -3.50. The molecule has 0 aliphatic carbocycles. The first-order valence-corrected chi connectivity index (χ1v) is 13.7. The molecule has 2 aromatic carbocycles. The molecule has 0 fully saturated rings. The quantitative estimate of drug-likeness (QED) is 0.500. The monoisotopic (exact) mass is 508 g/mol. The summed E-state index contributed by atoms with van der Waals surface area (Å²) in [6, 6.07) is 17.1. The number of nitrogens with zero attached hydrogens (tertiary/aromatic N) is 3. The van der Waals surface area contributed by atoms with E-state index in [2.05, 4.69) is 15.4 Å². The zero-order valence-corrected chi connectivity index (χ0v) is 20.8. The van der Waals surface area contributed by atoms with Gasteiger partial charge in [0.1, 0.15) is 0 Å². The third-order valence-corrected chi connectivity index (χ3v) is 7.80. The second kappa shape index (κ2) is 10.4. The van der Waals surface area contributed by atoms with E-state index in [0.717, 1.165) is 16.8 Å². The molecule has 0 spiro atoms. The molecule has 1 aliphatic heterocycles. The fourth-order valence-corrected chi connectivity index (χ4v) is 5.10. The molecule has 0 saturated heterocycles. The molecule has 2 heterocycles. The number of aromatic nitrogens is 1. The molecule has 2 amide bonds. The normalized spacial score (nSPS) is 16.1. The van der Waals surface area contributed by atoms with Crippen LogP contribution in [0.5, 0.6) is 0 Å². The van der Waals surface area contributed by atoms with Gasteiger partial charge in [0, 0.05) is 29.9 Å². The fraction of sp³-hybridized carbons (Fsp3) is 0.200. The maximum absolute atomic E-state index is 12.7. The number of benzene rings is 2. The summed E-state index contributed by atoms with van der Waals surface area (Å²) in [4.78, 5) is 29.2. The van der Waals surface area contributed by atoms with Crippen LogP contribution in [0.4, 0.5) is 10.5 Å². The number of hydrogen-bond acceptors (Lipinski definition) is 7. The maximum Gasteiger partial charge on any atom is 0.302 e. The lowest BCUT2D eigenvalue weighted by atomic mass is 10.1. The molecule has 1 aromatic heterocycles. The third-order valence-electron chi connectivity index (χ3n) is 5.42. The highest BCUT2D eigenvalue weighted by Gasteiger charge is 2.30. The van der Waals surface area contributed by atoms with Gasteiger partial charge in [0.15, 0.2) is 9.84 Å². The van der Waals surface area contributed by atoms with Gasteiger partial charge in [-0.1, -0.05) is 43.0 Å². The third kappa shape index (κ3) is 5.95. The topological polar surface area (TPSA) is 109 Å². The standard InChI is InChI=1S/C25H24N4O4S2/c1-3-22-23(18-6-10-21(11-7-18)35(2,32)33)28-29(25(31)34-22)16-17-4-8-20(9-5-17)27-24(30)19-12-14-26-15-13-19/h4-15,22H,3,16H2,1-2H3,(H,27,30). The predicted octanol–water partition coefficient (Wildman–Crippen LogP) is 4.59. The number of hydrazone groups is 1. The van der Waals surface area contributed by atoms with Crippen molar-refractivity contribution in [2.45, 2.75) is 30.0 Å². The van der Waals surface area contributed by atoms with Gasteiger partial charge in [-0.2, -0.15) is 5.10 Å². The fourth-order valence-electron chi connectivity index (χ4n) is 3.54. The second-order valence-corrected chi connectivity index (χ2v) is 11.2. The number of amides is 2. The van der Waals surface area contributed by atoms with Crippen LogP contribution in [0.15, 0.2) is 83.1 Å². The zero-order valence-electron chi connectivity index (χ0n) is 19.2. The molecule has 1 unspecified atom stereocenters. The number of hydrogen-bond donors (Lipinski definition) is 1. The van der Waals surface area contributed by atoms with Gasteiger partial charge in [-0.25, -0.2) is 13.4 Å². The molecule has 0 saturated carbocycles. The van der Waals surface area contributed by atoms with Crippen molar-refractivity contribution < 1.29 is 18.0 Å². The average Bonchev–Trinajstić information content (AvgIpc) is 2.86. The molecular formula is C25H24N4O4S2. The van der Waals surface area contributed by atoms with Gasteiger partial charge < -0.3 is 5.32 Å². The number of anilines is 1. The molecule has 3 aromatic rings. The van der Waals surface area contributed by atoms with E-state index in [9.17, 15) is 18.0 Å². The van der Waals surface area contributed by atoms with Gasteiger partial charge in [0.25, 0.3) is 5.91 Å². The Morgan fingerprint density at radius 1 is 1.03 bits per heavy atom. The van der Waals surface area contributed by atoms with E-state index in [4.69, 9.17) is 0 Å². The summed E-state index contributed by atoms with van der Waals surface area (Å²) >= 11 is 1.21. The summed E-state index contributed by atoms with van der Waals surface area (Å²) in [6.45, 7) is 2.26. The molecule has 1 atom stereocenters. The van der Waals surface area contributed by atoms with Gasteiger partial charge in [-0.3, -0.25) is 14.6 Å². The molecule has 35 heavy (non-hydrogen) atoms. The highest BCUT2D eigenvalue weighted by Crippen LogP contribution is 2.30. The van der Waals surface area contributed by atoms with Crippen LogP contribution in [0.1, 0.15) is 34.8 Å². The Labute approximate surface area is 208 Å². The molecule has 180 valence electrons. The van der Waals surface area contributed by atoms with E-state index in [1.54, 1.807) is 60.9 Å². The molecule has 0 bridgehead atoms. The van der Waals surface area contributed by atoms with Crippen molar-refractivity contribution >= 4 is 44.1 Å². The van der Waals surface area contributed by atoms with Gasteiger partial charge in [-0.15, -0.1) is 0 Å². The van der Waals surface area contributed by atoms with Gasteiger partial charge in [-0.05, 0) is 53.9 Å². The number of carbonyl (C=O) groups is 2. The Balaban J connectivity index is 1.50. The van der Waals surface area contributed by atoms with Gasteiger partial charge >= 0.3 is 5.24 Å². The minimum atomic E-state index is -3.30. The van der Waals surface area contributed by atoms with Crippen LogP contribution in [-0.4, -0.2) is 46.8 Å². The number of nitrogens with one attached hydrogen (secondary N) is 1. The molecule has 1 N–H and O–H groups in total. The van der Waals surface area contributed by atoms with Crippen molar-refractivity contribution in [1.29, 1.82) is 0 Å². The smallest absolute Gasteiger partial charge is 0.302 e. The maximum atomic E-state index is 12.7. The van der Waals surface area contributed by atoms with E-state index < -0.39 is 9.84 Å². The van der Waals surface area contributed by atoms with E-state index >= 15 is 0 Å². The molecule has 8 nitrogen and oxygen atoms in total. The number of thioether (sulfide) groups is 1. The number of rotatable bonds is 7. The number of sulfone groups is 1. The van der Waals surface area contributed by atoms with Crippen molar-refractivity contribution in [1.82, 2.24) is 9.99 Å². The van der Waals surface area contributed by atoms with Crippen LogP contribution in [0.3, 0.4) is 0 Å². The van der Waals surface area contributed by atoms with E-state index in [1.165, 1.54) is 23.0 Å². The first kappa shape index (κ1) is 24.6. The second-order valence-electron chi connectivity index (χ2n) is 8.01. The Kier molecular flexibility index (Phi) is 7.32. The van der Waals surface area contributed by atoms with Crippen molar-refractivity contribution in [3.63, 3.8) is 0 Å². The highest BCUT2D eigenvalue weighted by atomic mass is 32.2. The van der Waals surface area contributed by atoms with E-state index in [0.29, 0.717) is 17.7 Å². The zero-order chi connectivity index (χ0) is 25.0. The average molecular weight is 509 g/mol. The van der Waals surface area contributed by atoms with Crippen molar-refractivity contribution in [2.24, 2.45) is 5.10 Å². The first-order chi connectivity index (χ1) is 16.7. The summed E-state index contributed by atoms with van der Waals surface area (Å²) in [6.07, 6.45) is 5.00. The van der Waals surface area contributed by atoms with Crippen LogP contribution in [0.2, 0.25) is 0 Å². The summed E-state index contributed by atoms with van der Waals surface area (Å²) in [5.41, 5.74) is 3.51. The lowest BCUT2D eigenvalue weighted by molar-refractivity contribution is 0.102. The molecule has 10 heteroatoms. The van der Waals surface area contributed by atoms with Gasteiger partial charge in [0.2, 0.25) is 0 Å². The van der Waals surface area contributed by atoms with Crippen LogP contribution in [0.25, 0.3) is 0 Å². The molecular weight excluding hydrogens is 484 g/mol. The van der Waals surface area contributed by atoms with E-state index in [1.807, 2.05) is 19.1 Å². The lowest BCUT2D eigenvalue weighted by Crippen LogP contribution is -2.34. The summed E-state index contributed by atoms with van der Waals surface area (Å²) in [5, 5.41) is 8.62. The lowest BCUT2D eigenvalue weighted by Gasteiger charge is -2.28. The van der Waals surface area contributed by atoms with Gasteiger partial charge in [0.05, 0.1) is 22.4 Å². The Morgan fingerprint density at radius 2 is 1.69 bits per heavy atom. The Morgan fingerprint density at radius 3 is 2.29 bits per heavy atom. The minimum absolute atomic E-state index is 0.117. The van der Waals surface area contributed by atoms with Crippen LogP contribution >= 0.6 is 11.8 Å². The SMILES string of the molecule is CCC1SC(=O)N(Cc2ccc(NC(=O)c3ccncc3)cc2)N=C1c1ccc(S(C)(=O)=O)cc1. The van der Waals surface area contributed by atoms with Crippen LogP contribution < -0.4 is 5.32 Å². The molecule has 1 aliphatic rings. The number of pyridine rings is 1. The molecule has 4 rings (SSSR count). The first-order valence-electron chi connectivity index (χ1n) is 10.9. The van der Waals surface area contributed by atoms with Crippen LogP contribution in [0, 0.1) is 0 Å². The summed E-state index contributed by atoms with van der Waals surface area (Å²) in [7, 11) is -3.30. The minimum Gasteiger partial charge on any atom is -0.322 e.